The van der Waals surface area contributed by atoms with E-state index in [-0.39, 0.29) is 46.5 Å². The van der Waals surface area contributed by atoms with Crippen molar-refractivity contribution in [3.63, 3.8) is 0 Å². The minimum atomic E-state index is -0.606. The molecule has 4 nitrogen and oxygen atoms in total. The topological polar surface area (TPSA) is 80.9 Å². The molecule has 0 bridgehead atoms. The van der Waals surface area contributed by atoms with Crippen LogP contribution in [0, 0.1) is 104 Å². The average Bonchev–Trinajstić information content (AvgIpc) is 2.97. The van der Waals surface area contributed by atoms with Gasteiger partial charge in [-0.25, -0.2) is 0 Å². The highest BCUT2D eigenvalue weighted by atomic mass is 16.3. The van der Waals surface area contributed by atoms with Crippen LogP contribution >= 0.6 is 0 Å². The third kappa shape index (κ3) is 6.25. The first-order valence-electron chi connectivity index (χ1n) is 21.1. The Kier molecular flexibility index (Phi) is 10.9. The fourth-order valence-electron chi connectivity index (χ4n) is 15.1. The van der Waals surface area contributed by atoms with E-state index in [0.717, 1.165) is 32.1 Å². The first kappa shape index (κ1) is 40.0. The summed E-state index contributed by atoms with van der Waals surface area (Å²) < 4.78 is 0. The second-order valence-corrected chi connectivity index (χ2v) is 22.6. The summed E-state index contributed by atoms with van der Waals surface area (Å²) in [4.78, 5) is 0. The van der Waals surface area contributed by atoms with E-state index in [1.807, 2.05) is 6.92 Å². The molecule has 5 fully saturated rings. The molecule has 0 aromatic carbocycles. The Bertz CT molecular complexity index is 1130. The number of hydrogen-bond donors (Lipinski definition) is 4. The van der Waals surface area contributed by atoms with Crippen molar-refractivity contribution in [2.75, 3.05) is 0 Å². The maximum atomic E-state index is 12.8. The van der Waals surface area contributed by atoms with Crippen LogP contribution < -0.4 is 0 Å². The van der Waals surface area contributed by atoms with E-state index >= 15 is 0 Å². The van der Waals surface area contributed by atoms with Gasteiger partial charge in [0.05, 0.1) is 24.4 Å². The molecule has 4 N–H and O–H groups in total. The van der Waals surface area contributed by atoms with E-state index in [0.29, 0.717) is 58.2 Å². The molecule has 5 saturated carbocycles. The van der Waals surface area contributed by atoms with Gasteiger partial charge in [0, 0.05) is 11.3 Å². The lowest BCUT2D eigenvalue weighted by Gasteiger charge is -2.75. The van der Waals surface area contributed by atoms with Gasteiger partial charge in [-0.2, -0.15) is 0 Å². The van der Waals surface area contributed by atoms with Crippen molar-refractivity contribution in [3.8, 4) is 0 Å². The minimum Gasteiger partial charge on any atom is -0.393 e. The van der Waals surface area contributed by atoms with Gasteiger partial charge < -0.3 is 20.4 Å². The van der Waals surface area contributed by atoms with Gasteiger partial charge in [0.25, 0.3) is 0 Å². The van der Waals surface area contributed by atoms with E-state index in [2.05, 4.69) is 96.9 Å². The van der Waals surface area contributed by atoms with Gasteiger partial charge >= 0.3 is 0 Å². The Labute approximate surface area is 303 Å². The van der Waals surface area contributed by atoms with Crippen LogP contribution in [-0.4, -0.2) is 44.8 Å². The van der Waals surface area contributed by atoms with Gasteiger partial charge in [-0.1, -0.05) is 96.9 Å². The largest absolute Gasteiger partial charge is 0.393 e. The Balaban J connectivity index is 1.37. The molecule has 5 rings (SSSR count). The van der Waals surface area contributed by atoms with Crippen LogP contribution in [0.1, 0.15) is 155 Å². The molecule has 0 aromatic rings. The van der Waals surface area contributed by atoms with Gasteiger partial charge in [-0.05, 0) is 151 Å². The Hall–Kier alpha value is -0.160. The fraction of sp³-hybridized carbons (Fsp3) is 1.00. The van der Waals surface area contributed by atoms with E-state index < -0.39 is 23.7 Å². The molecular formula is C45H82O4. The molecule has 5 aliphatic rings. The first-order valence-corrected chi connectivity index (χ1v) is 21.1. The monoisotopic (exact) mass is 687 g/mol. The van der Waals surface area contributed by atoms with Crippen molar-refractivity contribution in [2.24, 2.45) is 104 Å². The number of aliphatic hydroxyl groups is 4. The number of fused-ring (bicyclic) bond motifs is 3. The summed E-state index contributed by atoms with van der Waals surface area (Å²) >= 11 is 0. The van der Waals surface area contributed by atoms with Gasteiger partial charge in [0.1, 0.15) is 0 Å². The second-order valence-electron chi connectivity index (χ2n) is 22.6. The molecule has 0 saturated heterocycles. The Morgan fingerprint density at radius 2 is 1.31 bits per heavy atom. The lowest BCUT2D eigenvalue weighted by molar-refractivity contribution is -0.315. The zero-order valence-corrected chi connectivity index (χ0v) is 34.8. The first-order chi connectivity index (χ1) is 22.3. The van der Waals surface area contributed by atoms with Crippen LogP contribution in [0.2, 0.25) is 0 Å². The summed E-state index contributed by atoms with van der Waals surface area (Å²) in [7, 11) is 0. The summed E-state index contributed by atoms with van der Waals surface area (Å²) in [6, 6.07) is 0. The third-order valence-electron chi connectivity index (χ3n) is 18.8. The number of rotatable bonds is 5. The van der Waals surface area contributed by atoms with Gasteiger partial charge in [-0.3, -0.25) is 0 Å². The molecule has 0 aliphatic heterocycles. The average molecular weight is 687 g/mol. The van der Waals surface area contributed by atoms with Crippen molar-refractivity contribution < 1.29 is 20.4 Å². The summed E-state index contributed by atoms with van der Waals surface area (Å²) in [6.45, 7) is 35.5. The summed E-state index contributed by atoms with van der Waals surface area (Å²) in [6.07, 6.45) is 7.01. The predicted molar refractivity (Wildman–Crippen MR) is 204 cm³/mol. The predicted octanol–water partition coefficient (Wildman–Crippen LogP) is 9.86. The Morgan fingerprint density at radius 3 is 1.82 bits per heavy atom. The van der Waals surface area contributed by atoms with Gasteiger partial charge in [0.2, 0.25) is 0 Å². The zero-order valence-electron chi connectivity index (χ0n) is 34.8. The SMILES string of the molecule is CC(O)C1C(C)CC2(C)C(C)C3(C)C(C)C4CCC(CC(O)CC5CC(C(C)(C)C)CC(C(C)(C)C)C5)C(C)C4C(O)C3C(C)C2(C)C1O. The molecule has 19 atom stereocenters. The highest BCUT2D eigenvalue weighted by Gasteiger charge is 2.74. The lowest BCUT2D eigenvalue weighted by atomic mass is 9.30. The fourth-order valence-corrected chi connectivity index (χ4v) is 15.1. The maximum Gasteiger partial charge on any atom is 0.0657 e. The second kappa shape index (κ2) is 13.3. The Morgan fingerprint density at radius 1 is 0.755 bits per heavy atom. The van der Waals surface area contributed by atoms with Crippen LogP contribution in [0.5, 0.6) is 0 Å². The van der Waals surface area contributed by atoms with E-state index in [1.165, 1.54) is 19.3 Å². The van der Waals surface area contributed by atoms with Crippen LogP contribution in [0.15, 0.2) is 0 Å². The number of aliphatic hydroxyl groups excluding tert-OH is 4. The van der Waals surface area contributed by atoms with E-state index in [9.17, 15) is 20.4 Å². The number of hydrogen-bond acceptors (Lipinski definition) is 4. The lowest BCUT2D eigenvalue weighted by Crippen LogP contribution is -2.74. The van der Waals surface area contributed by atoms with Crippen molar-refractivity contribution in [3.05, 3.63) is 0 Å². The molecule has 5 aliphatic carbocycles. The maximum absolute atomic E-state index is 12.8. The quantitative estimate of drug-likeness (QED) is 0.232. The molecule has 0 aromatic heterocycles. The van der Waals surface area contributed by atoms with E-state index in [1.54, 1.807) is 0 Å². The highest BCUT2D eigenvalue weighted by Crippen LogP contribution is 2.76. The van der Waals surface area contributed by atoms with Crippen molar-refractivity contribution in [2.45, 2.75) is 180 Å². The van der Waals surface area contributed by atoms with Gasteiger partial charge in [-0.15, -0.1) is 0 Å². The highest BCUT2D eigenvalue weighted by molar-refractivity contribution is 5.21. The minimum absolute atomic E-state index is 0.0361. The molecule has 0 radical (unpaired) electrons. The molecule has 0 heterocycles. The standard InChI is InChI=1S/C45H82O4/c1-24-23-43(13)29(6)44(14)26(3)35-17-16-31(21-34(47)20-30-18-32(41(7,8)9)22-33(19-30)42(10,11)12)25(2)37(35)39(48)38(44)27(4)45(43,15)40(49)36(24)28(5)46/h24-40,46-49H,16-23H2,1-15H3. The van der Waals surface area contributed by atoms with Crippen molar-refractivity contribution >= 4 is 0 Å². The van der Waals surface area contributed by atoms with Crippen LogP contribution in [0.3, 0.4) is 0 Å². The van der Waals surface area contributed by atoms with Crippen LogP contribution in [-0.2, 0) is 0 Å². The van der Waals surface area contributed by atoms with Crippen molar-refractivity contribution in [1.29, 1.82) is 0 Å². The smallest absolute Gasteiger partial charge is 0.0657 e. The molecule has 49 heavy (non-hydrogen) atoms. The summed E-state index contributed by atoms with van der Waals surface area (Å²) in [5, 5.41) is 47.7. The molecule has 19 unspecified atom stereocenters. The molecular weight excluding hydrogens is 604 g/mol. The van der Waals surface area contributed by atoms with Crippen LogP contribution in [0.4, 0.5) is 0 Å². The van der Waals surface area contributed by atoms with Crippen molar-refractivity contribution in [1.82, 2.24) is 0 Å². The zero-order chi connectivity index (χ0) is 37.0. The molecule has 286 valence electrons. The van der Waals surface area contributed by atoms with E-state index in [4.69, 9.17) is 0 Å². The van der Waals surface area contributed by atoms with Gasteiger partial charge in [0.15, 0.2) is 0 Å². The molecule has 0 spiro atoms. The normalized spacial score (nSPS) is 53.6. The summed E-state index contributed by atoms with van der Waals surface area (Å²) in [5.41, 5.74) is 0.0709. The molecule has 4 heteroatoms. The third-order valence-corrected chi connectivity index (χ3v) is 18.8. The van der Waals surface area contributed by atoms with Crippen LogP contribution in [0.25, 0.3) is 0 Å². The molecule has 0 amide bonds. The summed E-state index contributed by atoms with van der Waals surface area (Å²) in [5.74, 6) is 4.61.